The normalized spacial score (nSPS) is 18.8. The first kappa shape index (κ1) is 24.2. The Morgan fingerprint density at radius 1 is 0.821 bits per heavy atom. The lowest BCUT2D eigenvalue weighted by Crippen LogP contribution is -2.45. The molecule has 3 aromatic carbocycles. The topological polar surface area (TPSA) is 38.5 Å². The van der Waals surface area contributed by atoms with Gasteiger partial charge in [-0.2, -0.15) is 0 Å². The van der Waals surface area contributed by atoms with Crippen LogP contribution in [-0.4, -0.2) is 57.2 Å². The van der Waals surface area contributed by atoms with E-state index in [1.54, 1.807) is 7.11 Å². The van der Waals surface area contributed by atoms with Gasteiger partial charge >= 0.3 is 0 Å². The number of benzene rings is 3. The van der Waals surface area contributed by atoms with Crippen LogP contribution < -0.4 is 0 Å². The van der Waals surface area contributed by atoms with Gasteiger partial charge in [-0.25, -0.2) is 4.98 Å². The van der Waals surface area contributed by atoms with E-state index >= 15 is 0 Å². The largest absolute Gasteiger partial charge is 0.499 e. The molecule has 0 amide bonds. The average Bonchev–Trinajstić information content (AvgIpc) is 3.48. The van der Waals surface area contributed by atoms with Crippen LogP contribution in [0, 0.1) is 0 Å². The van der Waals surface area contributed by atoms with Gasteiger partial charge in [0.25, 0.3) is 0 Å². The molecule has 5 aromatic rings. The maximum absolute atomic E-state index is 5.78. The molecule has 6 nitrogen and oxygen atoms in total. The zero-order valence-electron chi connectivity index (χ0n) is 22.8. The Hall–Kier alpha value is -3.87. The molecule has 1 fully saturated rings. The van der Waals surface area contributed by atoms with Gasteiger partial charge in [0.1, 0.15) is 11.6 Å². The van der Waals surface area contributed by atoms with Gasteiger partial charge in [-0.3, -0.25) is 9.80 Å². The molecule has 0 radical (unpaired) electrons. The molecule has 7 rings (SSSR count). The quantitative estimate of drug-likeness (QED) is 0.276. The number of aromatic nitrogens is 3. The molecule has 0 N–H and O–H groups in total. The molecule has 0 spiro atoms. The van der Waals surface area contributed by atoms with Gasteiger partial charge in [0.15, 0.2) is 0 Å². The summed E-state index contributed by atoms with van der Waals surface area (Å²) >= 11 is 0. The number of imidazole rings is 1. The third-order valence-corrected chi connectivity index (χ3v) is 8.51. The lowest BCUT2D eigenvalue weighted by Gasteiger charge is -2.35. The number of aryl methyl sites for hydroxylation is 1. The zero-order valence-corrected chi connectivity index (χ0v) is 22.8. The van der Waals surface area contributed by atoms with E-state index in [1.165, 1.54) is 32.9 Å². The first-order valence-electron chi connectivity index (χ1n) is 14.0. The van der Waals surface area contributed by atoms with Crippen LogP contribution in [0.3, 0.4) is 0 Å². The summed E-state index contributed by atoms with van der Waals surface area (Å²) in [6.07, 6.45) is 7.31. The number of rotatable bonds is 6. The summed E-state index contributed by atoms with van der Waals surface area (Å²) in [4.78, 5) is 10.2. The fraction of sp³-hybridized carbons (Fsp3) is 0.303. The highest BCUT2D eigenvalue weighted by molar-refractivity contribution is 6.08. The van der Waals surface area contributed by atoms with Crippen LogP contribution in [0.15, 0.2) is 90.7 Å². The van der Waals surface area contributed by atoms with E-state index < -0.39 is 0 Å². The minimum absolute atomic E-state index is 0.146. The van der Waals surface area contributed by atoms with Crippen molar-refractivity contribution in [3.63, 3.8) is 0 Å². The van der Waals surface area contributed by atoms with E-state index in [0.717, 1.165) is 62.8 Å². The first-order chi connectivity index (χ1) is 19.2. The van der Waals surface area contributed by atoms with Crippen LogP contribution in [0.1, 0.15) is 23.9 Å². The smallest absolute Gasteiger partial charge is 0.124 e. The highest BCUT2D eigenvalue weighted by atomic mass is 16.5. The second-order valence-corrected chi connectivity index (χ2v) is 10.8. The van der Waals surface area contributed by atoms with Gasteiger partial charge < -0.3 is 13.9 Å². The molecular formula is C33H35N5O. The molecule has 0 saturated carbocycles. The van der Waals surface area contributed by atoms with Crippen molar-refractivity contribution >= 4 is 32.8 Å². The molecule has 1 atom stereocenters. The highest BCUT2D eigenvalue weighted by Crippen LogP contribution is 2.33. The molecule has 1 aliphatic heterocycles. The maximum atomic E-state index is 5.78. The van der Waals surface area contributed by atoms with Gasteiger partial charge in [-0.1, -0.05) is 48.6 Å². The number of nitrogens with zero attached hydrogens (tertiary/aromatic N) is 5. The lowest BCUT2D eigenvalue weighted by molar-refractivity contribution is 0.118. The minimum Gasteiger partial charge on any atom is -0.499 e. The van der Waals surface area contributed by atoms with Crippen LogP contribution in [0.4, 0.5) is 0 Å². The van der Waals surface area contributed by atoms with Crippen LogP contribution >= 0.6 is 0 Å². The fourth-order valence-electron chi connectivity index (χ4n) is 6.47. The van der Waals surface area contributed by atoms with Crippen molar-refractivity contribution in [2.45, 2.75) is 25.6 Å². The van der Waals surface area contributed by atoms with Crippen molar-refractivity contribution < 1.29 is 4.74 Å². The predicted molar refractivity (Wildman–Crippen MR) is 159 cm³/mol. The SMILES string of the molecule is COC1=CC=CCC1n1c(CN2CCN(Cc3ccc4c(c3)c3ccccc3n4C)CC2)nc2ccccc21. The van der Waals surface area contributed by atoms with E-state index in [0.29, 0.717) is 0 Å². The van der Waals surface area contributed by atoms with E-state index in [2.05, 4.69) is 111 Å². The lowest BCUT2D eigenvalue weighted by atomic mass is 10.1. The summed E-state index contributed by atoms with van der Waals surface area (Å²) < 4.78 is 10.5. The molecule has 2 aromatic heterocycles. The molecule has 39 heavy (non-hydrogen) atoms. The van der Waals surface area contributed by atoms with Crippen LogP contribution in [-0.2, 0) is 24.9 Å². The van der Waals surface area contributed by atoms with Crippen molar-refractivity contribution in [3.8, 4) is 0 Å². The van der Waals surface area contributed by atoms with E-state index in [1.807, 2.05) is 0 Å². The Balaban J connectivity index is 1.07. The Morgan fingerprint density at radius 2 is 1.54 bits per heavy atom. The van der Waals surface area contributed by atoms with Crippen molar-refractivity contribution in [1.82, 2.24) is 23.9 Å². The summed E-state index contributed by atoms with van der Waals surface area (Å²) in [6, 6.07) is 24.3. The first-order valence-corrected chi connectivity index (χ1v) is 14.0. The average molecular weight is 518 g/mol. The number of ether oxygens (including phenoxy) is 1. The van der Waals surface area contributed by atoms with Gasteiger partial charge in [0.05, 0.1) is 30.7 Å². The molecule has 3 heterocycles. The number of para-hydroxylation sites is 3. The third kappa shape index (κ3) is 4.34. The van der Waals surface area contributed by atoms with Crippen LogP contribution in [0.5, 0.6) is 0 Å². The second kappa shape index (κ2) is 10.0. The van der Waals surface area contributed by atoms with E-state index in [9.17, 15) is 0 Å². The summed E-state index contributed by atoms with van der Waals surface area (Å²) in [5, 5.41) is 2.69. The summed E-state index contributed by atoms with van der Waals surface area (Å²) in [6.45, 7) is 6.03. The highest BCUT2D eigenvalue weighted by Gasteiger charge is 2.26. The molecule has 6 heteroatoms. The maximum Gasteiger partial charge on any atom is 0.124 e. The molecule has 0 bridgehead atoms. The molecule has 2 aliphatic rings. The van der Waals surface area contributed by atoms with E-state index in [4.69, 9.17) is 9.72 Å². The Labute approximate surface area is 229 Å². The third-order valence-electron chi connectivity index (χ3n) is 8.51. The molecular weight excluding hydrogens is 482 g/mol. The second-order valence-electron chi connectivity index (χ2n) is 10.8. The van der Waals surface area contributed by atoms with Crippen molar-refractivity contribution in [2.24, 2.45) is 7.05 Å². The number of allylic oxidation sites excluding steroid dienone is 4. The zero-order chi connectivity index (χ0) is 26.3. The van der Waals surface area contributed by atoms with Gasteiger partial charge in [0, 0.05) is 61.6 Å². The van der Waals surface area contributed by atoms with Crippen molar-refractivity contribution in [1.29, 1.82) is 0 Å². The van der Waals surface area contributed by atoms with Gasteiger partial charge in [-0.05, 0) is 48.4 Å². The fourth-order valence-corrected chi connectivity index (χ4v) is 6.47. The Bertz CT molecular complexity index is 1720. The van der Waals surface area contributed by atoms with Crippen molar-refractivity contribution in [3.05, 3.63) is 102 Å². The van der Waals surface area contributed by atoms with Gasteiger partial charge in [-0.15, -0.1) is 0 Å². The number of hydrogen-bond acceptors (Lipinski definition) is 4. The Kier molecular flexibility index (Phi) is 6.22. The summed E-state index contributed by atoms with van der Waals surface area (Å²) in [5.41, 5.74) is 6.21. The predicted octanol–water partition coefficient (Wildman–Crippen LogP) is 6.03. The Morgan fingerprint density at radius 3 is 2.36 bits per heavy atom. The van der Waals surface area contributed by atoms with Crippen molar-refractivity contribution in [2.75, 3.05) is 33.3 Å². The monoisotopic (exact) mass is 517 g/mol. The molecule has 1 aliphatic carbocycles. The summed E-state index contributed by atoms with van der Waals surface area (Å²) in [5.74, 6) is 2.11. The van der Waals surface area contributed by atoms with Gasteiger partial charge in [0.2, 0.25) is 0 Å². The summed E-state index contributed by atoms with van der Waals surface area (Å²) in [7, 11) is 3.93. The van der Waals surface area contributed by atoms with E-state index in [-0.39, 0.29) is 6.04 Å². The number of fused-ring (bicyclic) bond motifs is 4. The van der Waals surface area contributed by atoms with Crippen LogP contribution in [0.25, 0.3) is 32.8 Å². The van der Waals surface area contributed by atoms with Crippen LogP contribution in [0.2, 0.25) is 0 Å². The number of piperazine rings is 1. The standard InChI is InChI=1S/C33H35N5O/c1-35-28-11-5-3-9-25(28)26-21-24(15-16-29(26)35)22-36-17-19-37(20-18-36)23-33-34-27-10-4-6-12-30(27)38(33)31-13-7-8-14-32(31)39-2/h3-12,14-16,21,31H,13,17-20,22-23H2,1-2H3. The molecule has 1 saturated heterocycles. The number of hydrogen-bond donors (Lipinski definition) is 0. The molecule has 198 valence electrons. The minimum atomic E-state index is 0.146. The molecule has 1 unspecified atom stereocenters. The number of methoxy groups -OCH3 is 1.